The Labute approximate surface area is 208 Å². The van der Waals surface area contributed by atoms with E-state index in [2.05, 4.69) is 41.4 Å². The summed E-state index contributed by atoms with van der Waals surface area (Å²) in [7, 11) is 0. The van der Waals surface area contributed by atoms with Gasteiger partial charge in [0.15, 0.2) is 5.96 Å². The second kappa shape index (κ2) is 12.7. The number of ether oxygens (including phenoxy) is 2. The summed E-state index contributed by atoms with van der Waals surface area (Å²) in [5.41, 5.74) is 1.24. The number of carbonyl (C=O) groups is 1. The molecular formula is C24H37IN4O3. The number of amides is 1. The van der Waals surface area contributed by atoms with Crippen molar-refractivity contribution in [2.75, 3.05) is 52.5 Å². The SMILES string of the molecule is CCNC(=NCC1CCCOC1c1ccccc1)N1CCN(C(=O)C2CCCO2)CC1.I. The number of piperazine rings is 1. The molecule has 0 spiro atoms. The lowest BCUT2D eigenvalue weighted by Crippen LogP contribution is -2.55. The van der Waals surface area contributed by atoms with E-state index in [1.807, 2.05) is 11.0 Å². The molecular weight excluding hydrogens is 519 g/mol. The van der Waals surface area contributed by atoms with E-state index >= 15 is 0 Å². The van der Waals surface area contributed by atoms with Crippen molar-refractivity contribution >= 4 is 35.8 Å². The van der Waals surface area contributed by atoms with Crippen LogP contribution < -0.4 is 5.32 Å². The smallest absolute Gasteiger partial charge is 0.251 e. The minimum Gasteiger partial charge on any atom is -0.373 e. The van der Waals surface area contributed by atoms with Crippen LogP contribution in [0.4, 0.5) is 0 Å². The molecule has 32 heavy (non-hydrogen) atoms. The fraction of sp³-hybridized carbons (Fsp3) is 0.667. The molecule has 178 valence electrons. The Kier molecular flexibility index (Phi) is 10.1. The van der Waals surface area contributed by atoms with Crippen LogP contribution >= 0.6 is 24.0 Å². The molecule has 3 aliphatic rings. The second-order valence-corrected chi connectivity index (χ2v) is 8.61. The predicted molar refractivity (Wildman–Crippen MR) is 136 cm³/mol. The van der Waals surface area contributed by atoms with Crippen LogP contribution in [0.3, 0.4) is 0 Å². The fourth-order valence-electron chi connectivity index (χ4n) is 4.79. The van der Waals surface area contributed by atoms with Gasteiger partial charge in [-0.1, -0.05) is 30.3 Å². The Balaban J connectivity index is 0.00000289. The van der Waals surface area contributed by atoms with Crippen molar-refractivity contribution in [3.8, 4) is 0 Å². The summed E-state index contributed by atoms with van der Waals surface area (Å²) in [5, 5.41) is 3.45. The summed E-state index contributed by atoms with van der Waals surface area (Å²) in [6.45, 7) is 8.26. The van der Waals surface area contributed by atoms with Crippen molar-refractivity contribution in [2.45, 2.75) is 44.8 Å². The normalized spacial score (nSPS) is 26.5. The lowest BCUT2D eigenvalue weighted by molar-refractivity contribution is -0.142. The average molecular weight is 556 g/mol. The van der Waals surface area contributed by atoms with Crippen LogP contribution in [-0.4, -0.2) is 80.3 Å². The molecule has 0 bridgehead atoms. The molecule has 0 aromatic heterocycles. The van der Waals surface area contributed by atoms with Crippen molar-refractivity contribution in [1.82, 2.24) is 15.1 Å². The van der Waals surface area contributed by atoms with Crippen molar-refractivity contribution in [3.05, 3.63) is 35.9 Å². The molecule has 3 atom stereocenters. The largest absolute Gasteiger partial charge is 0.373 e. The Hall–Kier alpha value is -1.39. The maximum absolute atomic E-state index is 12.6. The molecule has 3 saturated heterocycles. The third-order valence-electron chi connectivity index (χ3n) is 6.48. The van der Waals surface area contributed by atoms with Gasteiger partial charge < -0.3 is 24.6 Å². The molecule has 3 heterocycles. The molecule has 1 amide bonds. The highest BCUT2D eigenvalue weighted by atomic mass is 127. The van der Waals surface area contributed by atoms with E-state index in [0.717, 1.165) is 77.5 Å². The number of carbonyl (C=O) groups excluding carboxylic acids is 1. The van der Waals surface area contributed by atoms with E-state index in [0.29, 0.717) is 12.5 Å². The standard InChI is InChI=1S/C24H36N4O3.HI/c1-2-25-24(28-14-12-27(13-15-28)23(29)21-11-7-16-30-21)26-18-20-10-6-17-31-22(20)19-8-4-3-5-9-19;/h3-5,8-9,20-22H,2,6-7,10-18H2,1H3,(H,25,26);1H. The Morgan fingerprint density at radius 1 is 1.03 bits per heavy atom. The van der Waals surface area contributed by atoms with Gasteiger partial charge in [0, 0.05) is 58.4 Å². The molecule has 3 fully saturated rings. The average Bonchev–Trinajstić information content (AvgIpc) is 3.37. The summed E-state index contributed by atoms with van der Waals surface area (Å²) >= 11 is 0. The number of hydrogen-bond donors (Lipinski definition) is 1. The topological polar surface area (TPSA) is 66.4 Å². The zero-order valence-corrected chi connectivity index (χ0v) is 21.4. The molecule has 4 rings (SSSR count). The molecule has 0 radical (unpaired) electrons. The molecule has 0 saturated carbocycles. The van der Waals surface area contributed by atoms with Gasteiger partial charge in [-0.15, -0.1) is 24.0 Å². The highest BCUT2D eigenvalue weighted by molar-refractivity contribution is 14.0. The van der Waals surface area contributed by atoms with Crippen LogP contribution in [-0.2, 0) is 14.3 Å². The van der Waals surface area contributed by atoms with Crippen LogP contribution in [0.1, 0.15) is 44.3 Å². The first-order valence-electron chi connectivity index (χ1n) is 11.9. The number of hydrogen-bond acceptors (Lipinski definition) is 4. The first-order valence-corrected chi connectivity index (χ1v) is 11.9. The number of nitrogens with zero attached hydrogens (tertiary/aromatic N) is 3. The number of rotatable bonds is 5. The van der Waals surface area contributed by atoms with Gasteiger partial charge in [0.1, 0.15) is 6.10 Å². The highest BCUT2D eigenvalue weighted by Crippen LogP contribution is 2.33. The summed E-state index contributed by atoms with van der Waals surface area (Å²) < 4.78 is 11.7. The van der Waals surface area contributed by atoms with Gasteiger partial charge in [-0.25, -0.2) is 0 Å². The van der Waals surface area contributed by atoms with Crippen molar-refractivity contribution in [1.29, 1.82) is 0 Å². The van der Waals surface area contributed by atoms with E-state index in [9.17, 15) is 4.79 Å². The Bertz CT molecular complexity index is 734. The van der Waals surface area contributed by atoms with E-state index in [1.165, 1.54) is 5.56 Å². The maximum Gasteiger partial charge on any atom is 0.251 e. The highest BCUT2D eigenvalue weighted by Gasteiger charge is 2.31. The number of nitrogens with one attached hydrogen (secondary N) is 1. The molecule has 1 aromatic rings. The zero-order valence-electron chi connectivity index (χ0n) is 19.1. The number of guanidine groups is 1. The minimum absolute atomic E-state index is 0. The fourth-order valence-corrected chi connectivity index (χ4v) is 4.79. The lowest BCUT2D eigenvalue weighted by Gasteiger charge is -2.37. The molecule has 3 unspecified atom stereocenters. The van der Waals surface area contributed by atoms with Gasteiger partial charge in [0.2, 0.25) is 0 Å². The van der Waals surface area contributed by atoms with Crippen LogP contribution in [0.2, 0.25) is 0 Å². The lowest BCUT2D eigenvalue weighted by atomic mass is 9.89. The van der Waals surface area contributed by atoms with Gasteiger partial charge >= 0.3 is 0 Å². The quantitative estimate of drug-likeness (QED) is 0.343. The predicted octanol–water partition coefficient (Wildman–Crippen LogP) is 3.06. The first kappa shape index (κ1) is 25.2. The van der Waals surface area contributed by atoms with Crippen molar-refractivity contribution in [3.63, 3.8) is 0 Å². The third-order valence-corrected chi connectivity index (χ3v) is 6.48. The van der Waals surface area contributed by atoms with Crippen molar-refractivity contribution in [2.24, 2.45) is 10.9 Å². The van der Waals surface area contributed by atoms with E-state index in [4.69, 9.17) is 14.5 Å². The summed E-state index contributed by atoms with van der Waals surface area (Å²) in [4.78, 5) is 21.9. The first-order chi connectivity index (χ1) is 15.3. The van der Waals surface area contributed by atoms with Crippen LogP contribution in [0, 0.1) is 5.92 Å². The van der Waals surface area contributed by atoms with E-state index in [-0.39, 0.29) is 42.1 Å². The van der Waals surface area contributed by atoms with Crippen LogP contribution in [0.5, 0.6) is 0 Å². The monoisotopic (exact) mass is 556 g/mol. The zero-order chi connectivity index (χ0) is 21.5. The van der Waals surface area contributed by atoms with Gasteiger partial charge in [-0.05, 0) is 38.2 Å². The molecule has 3 aliphatic heterocycles. The Morgan fingerprint density at radius 2 is 1.72 bits per heavy atom. The van der Waals surface area contributed by atoms with Gasteiger partial charge in [0.25, 0.3) is 5.91 Å². The second-order valence-electron chi connectivity index (χ2n) is 8.61. The van der Waals surface area contributed by atoms with Gasteiger partial charge in [0.05, 0.1) is 6.10 Å². The third kappa shape index (κ3) is 6.35. The number of aliphatic imine (C=N–C) groups is 1. The van der Waals surface area contributed by atoms with Crippen LogP contribution in [0.15, 0.2) is 35.3 Å². The summed E-state index contributed by atoms with van der Waals surface area (Å²) in [6, 6.07) is 10.5. The molecule has 1 N–H and O–H groups in total. The molecule has 0 aliphatic carbocycles. The van der Waals surface area contributed by atoms with Crippen LogP contribution in [0.25, 0.3) is 0 Å². The maximum atomic E-state index is 12.6. The van der Waals surface area contributed by atoms with E-state index in [1.54, 1.807) is 0 Å². The number of halogens is 1. The summed E-state index contributed by atoms with van der Waals surface area (Å²) in [5.74, 6) is 1.49. The summed E-state index contributed by atoms with van der Waals surface area (Å²) in [6.07, 6.45) is 3.95. The number of benzene rings is 1. The van der Waals surface area contributed by atoms with Gasteiger partial charge in [-0.2, -0.15) is 0 Å². The van der Waals surface area contributed by atoms with Gasteiger partial charge in [-0.3, -0.25) is 9.79 Å². The minimum atomic E-state index is -0.227. The molecule has 7 nitrogen and oxygen atoms in total. The van der Waals surface area contributed by atoms with E-state index < -0.39 is 0 Å². The molecule has 8 heteroatoms. The molecule has 1 aromatic carbocycles. The Morgan fingerprint density at radius 3 is 2.41 bits per heavy atom. The van der Waals surface area contributed by atoms with Crippen molar-refractivity contribution < 1.29 is 14.3 Å².